The molecule has 0 amide bonds. The van der Waals surface area contributed by atoms with Gasteiger partial charge in [0.2, 0.25) is 0 Å². The van der Waals surface area contributed by atoms with Crippen LogP contribution in [0.25, 0.3) is 0 Å². The average Bonchev–Trinajstić information content (AvgIpc) is 2.29. The predicted molar refractivity (Wildman–Crippen MR) is 69.6 cm³/mol. The van der Waals surface area contributed by atoms with Crippen molar-refractivity contribution in [2.45, 2.75) is 31.2 Å². The summed E-state index contributed by atoms with van der Waals surface area (Å²) in [7, 11) is 0. The summed E-state index contributed by atoms with van der Waals surface area (Å²) in [5, 5.41) is 12.8. The fourth-order valence-electron chi connectivity index (χ4n) is 2.02. The van der Waals surface area contributed by atoms with Crippen LogP contribution in [0.4, 0.5) is 0 Å². The number of hydrogen-bond donors (Lipinski definition) is 2. The van der Waals surface area contributed by atoms with Gasteiger partial charge in [-0.3, -0.25) is 0 Å². The van der Waals surface area contributed by atoms with E-state index in [1.54, 1.807) is 0 Å². The molecule has 1 aliphatic rings. The highest BCUT2D eigenvalue weighted by Gasteiger charge is 2.19. The monoisotopic (exact) mass is 237 g/mol. The van der Waals surface area contributed by atoms with Crippen molar-refractivity contribution in [1.29, 1.82) is 0 Å². The first-order valence-corrected chi connectivity index (χ1v) is 7.00. The molecule has 0 aliphatic carbocycles. The van der Waals surface area contributed by atoms with Gasteiger partial charge in [-0.2, -0.15) is 11.8 Å². The zero-order chi connectivity index (χ0) is 11.4. The fourth-order valence-corrected chi connectivity index (χ4v) is 3.15. The number of nitrogens with one attached hydrogen (secondary N) is 1. The van der Waals surface area contributed by atoms with E-state index in [-0.39, 0.29) is 6.10 Å². The van der Waals surface area contributed by atoms with Gasteiger partial charge >= 0.3 is 0 Å². The molecular weight excluding hydrogens is 218 g/mol. The van der Waals surface area contributed by atoms with E-state index in [0.717, 1.165) is 24.5 Å². The first kappa shape index (κ1) is 12.0. The standard InChI is InChI=1S/C13H19NOS/c1-10(15)6-7-14-13-9-16-8-11-4-2-3-5-12(11)13/h2-5,10,13-15H,6-9H2,1H3. The average molecular weight is 237 g/mol. The first-order chi connectivity index (χ1) is 7.77. The molecule has 0 spiro atoms. The molecule has 1 aliphatic heterocycles. The number of aliphatic hydroxyl groups is 1. The van der Waals surface area contributed by atoms with E-state index in [0.29, 0.717) is 6.04 Å². The molecule has 2 nitrogen and oxygen atoms in total. The summed E-state index contributed by atoms with van der Waals surface area (Å²) in [4.78, 5) is 0. The SMILES string of the molecule is CC(O)CCNC1CSCc2ccccc21. The second-order valence-electron chi connectivity index (χ2n) is 4.36. The van der Waals surface area contributed by atoms with Crippen LogP contribution < -0.4 is 5.32 Å². The number of rotatable bonds is 4. The van der Waals surface area contributed by atoms with Crippen LogP contribution in [0.2, 0.25) is 0 Å². The molecular formula is C13H19NOS. The fraction of sp³-hybridized carbons (Fsp3) is 0.538. The molecule has 0 bridgehead atoms. The molecule has 2 N–H and O–H groups in total. The zero-order valence-corrected chi connectivity index (χ0v) is 10.5. The zero-order valence-electron chi connectivity index (χ0n) is 9.65. The Morgan fingerprint density at radius 3 is 3.12 bits per heavy atom. The van der Waals surface area contributed by atoms with E-state index in [9.17, 15) is 5.11 Å². The summed E-state index contributed by atoms with van der Waals surface area (Å²) in [6.07, 6.45) is 0.613. The van der Waals surface area contributed by atoms with Gasteiger partial charge in [-0.1, -0.05) is 24.3 Å². The summed E-state index contributed by atoms with van der Waals surface area (Å²) < 4.78 is 0. The molecule has 2 rings (SSSR count). The van der Waals surface area contributed by atoms with Crippen molar-refractivity contribution < 1.29 is 5.11 Å². The molecule has 2 atom stereocenters. The lowest BCUT2D eigenvalue weighted by Crippen LogP contribution is -2.28. The smallest absolute Gasteiger partial charge is 0.0524 e. The molecule has 1 aromatic rings. The normalized spacial score (nSPS) is 21.5. The maximum Gasteiger partial charge on any atom is 0.0524 e. The van der Waals surface area contributed by atoms with Gasteiger partial charge in [-0.05, 0) is 31.0 Å². The van der Waals surface area contributed by atoms with Crippen LogP contribution in [0.15, 0.2) is 24.3 Å². The van der Waals surface area contributed by atoms with Crippen LogP contribution in [-0.4, -0.2) is 23.5 Å². The molecule has 0 radical (unpaired) electrons. The quantitative estimate of drug-likeness (QED) is 0.843. The van der Waals surface area contributed by atoms with Gasteiger partial charge < -0.3 is 10.4 Å². The minimum atomic E-state index is -0.209. The molecule has 0 fully saturated rings. The number of fused-ring (bicyclic) bond motifs is 1. The van der Waals surface area contributed by atoms with Crippen molar-refractivity contribution in [3.8, 4) is 0 Å². The second-order valence-corrected chi connectivity index (χ2v) is 5.39. The van der Waals surface area contributed by atoms with E-state index < -0.39 is 0 Å². The minimum absolute atomic E-state index is 0.209. The van der Waals surface area contributed by atoms with Crippen LogP contribution in [0.5, 0.6) is 0 Å². The number of thioether (sulfide) groups is 1. The van der Waals surface area contributed by atoms with Crippen molar-refractivity contribution in [2.75, 3.05) is 12.3 Å². The third-order valence-corrected chi connectivity index (χ3v) is 4.01. The molecule has 16 heavy (non-hydrogen) atoms. The van der Waals surface area contributed by atoms with Crippen LogP contribution in [0.3, 0.4) is 0 Å². The van der Waals surface area contributed by atoms with Gasteiger partial charge in [0.05, 0.1) is 6.10 Å². The minimum Gasteiger partial charge on any atom is -0.393 e. The van der Waals surface area contributed by atoms with Crippen LogP contribution in [0.1, 0.15) is 30.5 Å². The summed E-state index contributed by atoms with van der Waals surface area (Å²) in [5.74, 6) is 2.27. The number of benzene rings is 1. The predicted octanol–water partition coefficient (Wildman–Crippen LogP) is 2.33. The lowest BCUT2D eigenvalue weighted by Gasteiger charge is -2.26. The topological polar surface area (TPSA) is 32.3 Å². The molecule has 0 aromatic heterocycles. The van der Waals surface area contributed by atoms with Crippen molar-refractivity contribution in [2.24, 2.45) is 0 Å². The Labute approximate surface area is 101 Å². The Bertz CT molecular complexity index is 340. The molecule has 0 saturated carbocycles. The Morgan fingerprint density at radius 1 is 1.50 bits per heavy atom. The summed E-state index contributed by atoms with van der Waals surface area (Å²) in [5.41, 5.74) is 2.89. The van der Waals surface area contributed by atoms with E-state index >= 15 is 0 Å². The van der Waals surface area contributed by atoms with Crippen molar-refractivity contribution in [3.05, 3.63) is 35.4 Å². The maximum absolute atomic E-state index is 9.23. The van der Waals surface area contributed by atoms with Gasteiger partial charge in [-0.25, -0.2) is 0 Å². The Balaban J connectivity index is 1.96. The van der Waals surface area contributed by atoms with Crippen molar-refractivity contribution >= 4 is 11.8 Å². The third kappa shape index (κ3) is 3.00. The van der Waals surface area contributed by atoms with Gasteiger partial charge in [0.1, 0.15) is 0 Å². The summed E-state index contributed by atoms with van der Waals surface area (Å²) in [6, 6.07) is 9.10. The van der Waals surface area contributed by atoms with Gasteiger partial charge in [-0.15, -0.1) is 0 Å². The summed E-state index contributed by atoms with van der Waals surface area (Å²) in [6.45, 7) is 2.72. The van der Waals surface area contributed by atoms with Gasteiger partial charge in [0.15, 0.2) is 0 Å². The second kappa shape index (κ2) is 5.71. The third-order valence-electron chi connectivity index (χ3n) is 2.93. The molecule has 88 valence electrons. The Hall–Kier alpha value is -0.510. The molecule has 1 aromatic carbocycles. The van der Waals surface area contributed by atoms with Crippen molar-refractivity contribution in [1.82, 2.24) is 5.32 Å². The van der Waals surface area contributed by atoms with E-state index in [1.165, 1.54) is 11.1 Å². The van der Waals surface area contributed by atoms with Gasteiger partial charge in [0, 0.05) is 17.5 Å². The molecule has 0 saturated heterocycles. The number of aliphatic hydroxyl groups excluding tert-OH is 1. The van der Waals surface area contributed by atoms with Crippen LogP contribution >= 0.6 is 11.8 Å². The van der Waals surface area contributed by atoms with Crippen LogP contribution in [0, 0.1) is 0 Å². The molecule has 3 heteroatoms. The molecule has 1 heterocycles. The van der Waals surface area contributed by atoms with Crippen molar-refractivity contribution in [3.63, 3.8) is 0 Å². The summed E-state index contributed by atoms with van der Waals surface area (Å²) >= 11 is 1.98. The highest BCUT2D eigenvalue weighted by atomic mass is 32.2. The first-order valence-electron chi connectivity index (χ1n) is 5.84. The van der Waals surface area contributed by atoms with Gasteiger partial charge in [0.25, 0.3) is 0 Å². The highest BCUT2D eigenvalue weighted by molar-refractivity contribution is 7.98. The lowest BCUT2D eigenvalue weighted by molar-refractivity contribution is 0.182. The van der Waals surface area contributed by atoms with E-state index in [4.69, 9.17) is 0 Å². The maximum atomic E-state index is 9.23. The largest absolute Gasteiger partial charge is 0.393 e. The Morgan fingerprint density at radius 2 is 2.31 bits per heavy atom. The van der Waals surface area contributed by atoms with E-state index in [2.05, 4.69) is 29.6 Å². The molecule has 2 unspecified atom stereocenters. The Kier molecular flexibility index (Phi) is 4.27. The lowest BCUT2D eigenvalue weighted by atomic mass is 10.0. The van der Waals surface area contributed by atoms with Crippen LogP contribution in [-0.2, 0) is 5.75 Å². The highest BCUT2D eigenvalue weighted by Crippen LogP contribution is 2.31. The van der Waals surface area contributed by atoms with E-state index in [1.807, 2.05) is 18.7 Å². The number of hydrogen-bond acceptors (Lipinski definition) is 3.